The molecule has 1 aliphatic carbocycles. The molecule has 9 heteroatoms. The first kappa shape index (κ1) is 22.5. The zero-order chi connectivity index (χ0) is 24.9. The molecule has 3 heterocycles. The van der Waals surface area contributed by atoms with Crippen molar-refractivity contribution in [3.63, 3.8) is 0 Å². The van der Waals surface area contributed by atoms with Gasteiger partial charge < -0.3 is 15.6 Å². The molecule has 0 unspecified atom stereocenters. The number of imidazole rings is 1. The lowest BCUT2D eigenvalue weighted by molar-refractivity contribution is 0.0739. The van der Waals surface area contributed by atoms with Gasteiger partial charge in [-0.3, -0.25) is 13.8 Å². The fourth-order valence-electron chi connectivity index (χ4n) is 4.63. The van der Waals surface area contributed by atoms with Gasteiger partial charge in [-0.15, -0.1) is 0 Å². The number of halogens is 1. The van der Waals surface area contributed by atoms with Gasteiger partial charge in [0.25, 0.3) is 5.56 Å². The number of ether oxygens (including phenoxy) is 1. The minimum Gasteiger partial charge on any atom is -0.495 e. The number of pyridine rings is 1. The van der Waals surface area contributed by atoms with Crippen LogP contribution in [0, 0.1) is 5.82 Å². The number of nitrogens with two attached hydrogens (primary N) is 1. The van der Waals surface area contributed by atoms with Gasteiger partial charge in [-0.05, 0) is 43.2 Å². The number of fused-ring (bicyclic) bond motifs is 2. The van der Waals surface area contributed by atoms with Crippen LogP contribution in [0.25, 0.3) is 33.4 Å². The Hall–Kier alpha value is -4.24. The Morgan fingerprint density at radius 3 is 2.74 bits per heavy atom. The third kappa shape index (κ3) is 3.43. The van der Waals surface area contributed by atoms with E-state index in [1.165, 1.54) is 30.0 Å². The molecule has 35 heavy (non-hydrogen) atoms. The predicted octanol–water partition coefficient (Wildman–Crippen LogP) is 3.89. The molecule has 0 atom stereocenters. The minimum atomic E-state index is -0.752. The third-order valence-corrected chi connectivity index (χ3v) is 6.43. The van der Waals surface area contributed by atoms with Gasteiger partial charge in [0.1, 0.15) is 11.6 Å². The third-order valence-electron chi connectivity index (χ3n) is 6.43. The van der Waals surface area contributed by atoms with Gasteiger partial charge in [0.2, 0.25) is 5.95 Å². The van der Waals surface area contributed by atoms with Gasteiger partial charge in [-0.1, -0.05) is 19.2 Å². The van der Waals surface area contributed by atoms with Crippen molar-refractivity contribution in [1.29, 1.82) is 0 Å². The van der Waals surface area contributed by atoms with Crippen LogP contribution in [0.15, 0.2) is 66.8 Å². The SMILES string of the molecule is C=C/C=C(\C=C)n1cc(OC)c2ccc(-c3nc(C4CC(O)C4)c4ccnc(N)n34)c(F)c2c1=O. The number of methoxy groups -OCH3 is 1. The second-order valence-corrected chi connectivity index (χ2v) is 8.42. The smallest absolute Gasteiger partial charge is 0.266 e. The molecule has 0 aliphatic heterocycles. The van der Waals surface area contributed by atoms with Crippen LogP contribution in [0.1, 0.15) is 24.5 Å². The van der Waals surface area contributed by atoms with Crippen LogP contribution in [0.2, 0.25) is 0 Å². The normalized spacial score (nSPS) is 18.0. The van der Waals surface area contributed by atoms with E-state index in [9.17, 15) is 9.90 Å². The summed E-state index contributed by atoms with van der Waals surface area (Å²) < 4.78 is 24.5. The molecular weight excluding hydrogens is 449 g/mol. The van der Waals surface area contributed by atoms with Crippen LogP contribution >= 0.6 is 0 Å². The first-order valence-corrected chi connectivity index (χ1v) is 11.1. The molecule has 5 rings (SSSR count). The van der Waals surface area contributed by atoms with E-state index in [1.807, 2.05) is 0 Å². The number of anilines is 1. The number of aliphatic hydroxyl groups is 1. The molecule has 0 saturated heterocycles. The largest absolute Gasteiger partial charge is 0.495 e. The van der Waals surface area contributed by atoms with E-state index in [1.54, 1.807) is 34.9 Å². The topological polar surface area (TPSA) is 108 Å². The molecule has 8 nitrogen and oxygen atoms in total. The highest BCUT2D eigenvalue weighted by Gasteiger charge is 2.33. The maximum Gasteiger partial charge on any atom is 0.266 e. The average Bonchev–Trinajstić information content (AvgIpc) is 3.21. The van der Waals surface area contributed by atoms with Gasteiger partial charge in [0.05, 0.1) is 41.6 Å². The molecule has 178 valence electrons. The molecule has 3 aromatic heterocycles. The molecule has 0 radical (unpaired) electrons. The second kappa shape index (κ2) is 8.52. The molecule has 0 spiro atoms. The second-order valence-electron chi connectivity index (χ2n) is 8.42. The summed E-state index contributed by atoms with van der Waals surface area (Å²) in [4.78, 5) is 22.3. The number of hydrogen-bond acceptors (Lipinski definition) is 6. The van der Waals surface area contributed by atoms with E-state index in [-0.39, 0.29) is 34.7 Å². The van der Waals surface area contributed by atoms with Crippen molar-refractivity contribution in [1.82, 2.24) is 18.9 Å². The summed E-state index contributed by atoms with van der Waals surface area (Å²) in [7, 11) is 1.45. The van der Waals surface area contributed by atoms with Crippen molar-refractivity contribution < 1.29 is 14.2 Å². The van der Waals surface area contributed by atoms with Crippen molar-refractivity contribution in [2.75, 3.05) is 12.8 Å². The molecule has 0 amide bonds. The lowest BCUT2D eigenvalue weighted by Crippen LogP contribution is -2.26. The summed E-state index contributed by atoms with van der Waals surface area (Å²) in [6.07, 6.45) is 8.39. The lowest BCUT2D eigenvalue weighted by atomic mass is 9.80. The summed E-state index contributed by atoms with van der Waals surface area (Å²) in [6, 6.07) is 4.94. The van der Waals surface area contributed by atoms with Crippen molar-refractivity contribution in [2.45, 2.75) is 24.9 Å². The van der Waals surface area contributed by atoms with Crippen LogP contribution in [-0.2, 0) is 0 Å². The van der Waals surface area contributed by atoms with Crippen molar-refractivity contribution in [2.24, 2.45) is 0 Å². The number of aromatic nitrogens is 4. The summed E-state index contributed by atoms with van der Waals surface area (Å²) in [5, 5.41) is 9.97. The van der Waals surface area contributed by atoms with Crippen LogP contribution in [0.5, 0.6) is 5.75 Å². The Bertz CT molecular complexity index is 1590. The van der Waals surface area contributed by atoms with Gasteiger partial charge >= 0.3 is 0 Å². The molecule has 1 fully saturated rings. The molecule has 1 saturated carbocycles. The zero-order valence-electron chi connectivity index (χ0n) is 19.1. The van der Waals surface area contributed by atoms with E-state index >= 15 is 4.39 Å². The molecule has 1 aliphatic rings. The number of hydrogen-bond donors (Lipinski definition) is 2. The molecule has 0 bridgehead atoms. The maximum atomic E-state index is 16.2. The Balaban J connectivity index is 1.82. The summed E-state index contributed by atoms with van der Waals surface area (Å²) >= 11 is 0. The molecular formula is C26H24FN5O3. The number of nitrogen functional groups attached to an aromatic ring is 1. The number of aliphatic hydroxyl groups excluding tert-OH is 1. The van der Waals surface area contributed by atoms with Gasteiger partial charge in [-0.2, -0.15) is 0 Å². The Kier molecular flexibility index (Phi) is 5.49. The highest BCUT2D eigenvalue weighted by molar-refractivity contribution is 5.92. The van der Waals surface area contributed by atoms with E-state index in [0.29, 0.717) is 40.9 Å². The number of nitrogens with zero attached hydrogens (tertiary/aromatic N) is 4. The highest BCUT2D eigenvalue weighted by atomic mass is 19.1. The first-order valence-electron chi connectivity index (χ1n) is 11.1. The Labute approximate surface area is 200 Å². The van der Waals surface area contributed by atoms with E-state index in [0.717, 1.165) is 0 Å². The van der Waals surface area contributed by atoms with Crippen LogP contribution in [-0.4, -0.2) is 37.3 Å². The highest BCUT2D eigenvalue weighted by Crippen LogP contribution is 2.41. The number of benzene rings is 1. The Morgan fingerprint density at radius 2 is 2.09 bits per heavy atom. The molecule has 1 aromatic carbocycles. The average molecular weight is 474 g/mol. The Morgan fingerprint density at radius 1 is 1.31 bits per heavy atom. The quantitative estimate of drug-likeness (QED) is 0.412. The van der Waals surface area contributed by atoms with Crippen molar-refractivity contribution in [3.05, 3.63) is 83.8 Å². The monoisotopic (exact) mass is 473 g/mol. The van der Waals surface area contributed by atoms with E-state index in [2.05, 4.69) is 18.1 Å². The zero-order valence-corrected chi connectivity index (χ0v) is 19.1. The molecule has 4 aromatic rings. The van der Waals surface area contributed by atoms with Crippen molar-refractivity contribution >= 4 is 27.9 Å². The fraction of sp³-hybridized carbons (Fsp3) is 0.192. The van der Waals surface area contributed by atoms with Gasteiger partial charge in [0, 0.05) is 23.2 Å². The summed E-state index contributed by atoms with van der Waals surface area (Å²) in [5.41, 5.74) is 7.51. The molecule has 3 N–H and O–H groups in total. The predicted molar refractivity (Wildman–Crippen MR) is 134 cm³/mol. The fourth-order valence-corrected chi connectivity index (χ4v) is 4.63. The van der Waals surface area contributed by atoms with E-state index < -0.39 is 11.4 Å². The van der Waals surface area contributed by atoms with Crippen LogP contribution < -0.4 is 16.0 Å². The summed E-state index contributed by atoms with van der Waals surface area (Å²) in [5.74, 6) is -0.0319. The van der Waals surface area contributed by atoms with Gasteiger partial charge in [-0.25, -0.2) is 14.4 Å². The lowest BCUT2D eigenvalue weighted by Gasteiger charge is -2.30. The van der Waals surface area contributed by atoms with Crippen LogP contribution in [0.4, 0.5) is 10.3 Å². The number of rotatable bonds is 6. The first-order chi connectivity index (χ1) is 16.9. The van der Waals surface area contributed by atoms with Crippen LogP contribution in [0.3, 0.4) is 0 Å². The van der Waals surface area contributed by atoms with Gasteiger partial charge in [0.15, 0.2) is 5.82 Å². The standard InChI is InChI=1S/C26H24FN5O3/c1-4-6-15(5-2)31-13-20(35-3)17-7-8-18(22(27)21(17)25(31)34)24-30-23(14-11-16(33)12-14)19-9-10-29-26(28)32(19)24/h4-10,13-14,16,33H,1-2,11-12H2,3H3,(H2,28,29)/b15-6+. The van der Waals surface area contributed by atoms with E-state index in [4.69, 9.17) is 15.5 Å². The van der Waals surface area contributed by atoms with Crippen molar-refractivity contribution in [3.8, 4) is 17.1 Å². The minimum absolute atomic E-state index is 0.0237. The summed E-state index contributed by atoms with van der Waals surface area (Å²) in [6.45, 7) is 7.40. The number of allylic oxidation sites excluding steroid dienone is 4. The maximum absolute atomic E-state index is 16.2.